The van der Waals surface area contributed by atoms with Gasteiger partial charge in [-0.2, -0.15) is 0 Å². The molecule has 1 aliphatic rings. The number of nitrogens with zero attached hydrogens (tertiary/aromatic N) is 7. The summed E-state index contributed by atoms with van der Waals surface area (Å²) < 4.78 is 0. The maximum absolute atomic E-state index is 15.2. The van der Waals surface area contributed by atoms with Gasteiger partial charge < -0.3 is 66.0 Å². The number of amides is 11. The normalized spacial score (nSPS) is 26.5. The van der Waals surface area contributed by atoms with Crippen molar-refractivity contribution in [1.82, 2.24) is 60.9 Å². The minimum atomic E-state index is -1.61. The number of carbonyl (C=O) groups is 11. The molecule has 1 saturated heterocycles. The number of nitrogens with one attached hydrogen (secondary N) is 5. The highest BCUT2D eigenvalue weighted by Gasteiger charge is 2.46. The van der Waals surface area contributed by atoms with Gasteiger partial charge in [-0.25, -0.2) is 0 Å². The number of rotatable bonds is 18. The maximum Gasteiger partial charge on any atom is 0.246 e. The predicted octanol–water partition coefficient (Wildman–Crippen LogP) is 2.16. The number of aliphatic hydroxyl groups excluding tert-OH is 1. The number of aliphatic hydroxyl groups is 1. The first-order valence-corrected chi connectivity index (χ1v) is 32.2. The van der Waals surface area contributed by atoms with E-state index < -0.39 is 156 Å². The zero-order valence-electron chi connectivity index (χ0n) is 57.1. The molecule has 1 rings (SSSR count). The van der Waals surface area contributed by atoms with E-state index in [0.717, 1.165) is 16.0 Å². The van der Waals surface area contributed by atoms with Gasteiger partial charge in [-0.3, -0.25) is 52.7 Å². The second-order valence-electron chi connectivity index (χ2n) is 26.6. The van der Waals surface area contributed by atoms with E-state index in [4.69, 9.17) is 0 Å². The molecular formula is C62H115N12O12P. The standard InChI is InChI=1S/C62H115N12O12P/c1-24-43-58(82)68(17)33-48(75)69(18)44(29-34(2)3)55(79)67-49(38(10)11)61(85)70(19)45(30-35(4)5)54(78)64-41(15)53(77)65-42(16)57(81)71(20)46(31-36(6)7)59(83)72(21)47(32-37(8)9)60(84)73(22)50(39(12)13)62(86)74(23)51(56(80)66-43)52(76)40(14)25-26-63-27-28-87/h34-47,49-52,63,76H,24-33,87H2,1-23H3,(H,64,78)(H,65,77)(H,66,80)(H,67,79). The smallest absolute Gasteiger partial charge is 0.246 e. The van der Waals surface area contributed by atoms with E-state index in [2.05, 4.69) is 35.8 Å². The Hall–Kier alpha value is -5.48. The summed E-state index contributed by atoms with van der Waals surface area (Å²) in [4.78, 5) is 169. The molecule has 13 atom stereocenters. The molecule has 24 nitrogen and oxygen atoms in total. The van der Waals surface area contributed by atoms with Crippen molar-refractivity contribution in [3.63, 3.8) is 0 Å². The molecule has 500 valence electrons. The minimum Gasteiger partial charge on any atom is -0.390 e. The molecule has 0 aromatic rings. The van der Waals surface area contributed by atoms with Gasteiger partial charge in [0.25, 0.3) is 0 Å². The zero-order chi connectivity index (χ0) is 67.4. The van der Waals surface area contributed by atoms with E-state index >= 15 is 9.59 Å². The molecule has 0 bridgehead atoms. The lowest BCUT2D eigenvalue weighted by Gasteiger charge is -2.41. The van der Waals surface area contributed by atoms with Crippen molar-refractivity contribution < 1.29 is 57.8 Å². The third-order valence-corrected chi connectivity index (χ3v) is 16.7. The summed E-state index contributed by atoms with van der Waals surface area (Å²) in [6.07, 6.45) is 0.309. The van der Waals surface area contributed by atoms with Crippen LogP contribution in [0.3, 0.4) is 0 Å². The second kappa shape index (κ2) is 36.9. The number of likely N-dealkylation sites (N-methyl/N-ethyl adjacent to an activating group) is 7. The molecule has 1 fully saturated rings. The Morgan fingerprint density at radius 1 is 0.471 bits per heavy atom. The predicted molar refractivity (Wildman–Crippen MR) is 341 cm³/mol. The Morgan fingerprint density at radius 3 is 1.36 bits per heavy atom. The molecule has 25 heteroatoms. The Labute approximate surface area is 523 Å². The largest absolute Gasteiger partial charge is 0.390 e. The molecule has 0 saturated carbocycles. The van der Waals surface area contributed by atoms with Crippen molar-refractivity contribution in [2.24, 2.45) is 41.4 Å². The van der Waals surface area contributed by atoms with Gasteiger partial charge in [0.2, 0.25) is 65.0 Å². The van der Waals surface area contributed by atoms with Crippen molar-refractivity contribution in [2.75, 3.05) is 75.1 Å². The van der Waals surface area contributed by atoms with Crippen molar-refractivity contribution in [1.29, 1.82) is 0 Å². The lowest BCUT2D eigenvalue weighted by molar-refractivity contribution is -0.157. The molecular weight excluding hydrogens is 1140 g/mol. The molecule has 13 unspecified atom stereocenters. The van der Waals surface area contributed by atoms with E-state index in [1.807, 2.05) is 55.4 Å². The third kappa shape index (κ3) is 23.1. The van der Waals surface area contributed by atoms with Gasteiger partial charge in [0.1, 0.15) is 60.4 Å². The van der Waals surface area contributed by atoms with E-state index in [0.29, 0.717) is 19.5 Å². The molecule has 87 heavy (non-hydrogen) atoms. The fourth-order valence-electron chi connectivity index (χ4n) is 10.9. The van der Waals surface area contributed by atoms with Crippen LogP contribution in [0.2, 0.25) is 0 Å². The number of carbonyl (C=O) groups excluding carboxylic acids is 11. The highest BCUT2D eigenvalue weighted by atomic mass is 31.0. The van der Waals surface area contributed by atoms with Crippen molar-refractivity contribution in [3.05, 3.63) is 0 Å². The summed E-state index contributed by atoms with van der Waals surface area (Å²) in [6, 6.07) is -12.3. The van der Waals surface area contributed by atoms with Crippen molar-refractivity contribution in [2.45, 2.75) is 216 Å². The molecule has 6 N–H and O–H groups in total. The Kier molecular flexibility index (Phi) is 33.7. The fourth-order valence-corrected chi connectivity index (χ4v) is 11.1. The first kappa shape index (κ1) is 79.5. The van der Waals surface area contributed by atoms with Crippen LogP contribution in [-0.4, -0.2) is 246 Å². The third-order valence-electron chi connectivity index (χ3n) is 16.4. The van der Waals surface area contributed by atoms with Gasteiger partial charge in [-0.1, -0.05) is 96.9 Å². The summed E-state index contributed by atoms with van der Waals surface area (Å²) in [5.74, 6) is -9.68. The average molecular weight is 1250 g/mol. The molecule has 0 radical (unpaired) electrons. The van der Waals surface area contributed by atoms with Crippen LogP contribution in [0.4, 0.5) is 0 Å². The summed E-state index contributed by atoms with van der Waals surface area (Å²) in [5, 5.41) is 26.5. The molecule has 11 amide bonds. The lowest BCUT2D eigenvalue weighted by Crippen LogP contribution is -2.63. The van der Waals surface area contributed by atoms with Crippen LogP contribution in [-0.2, 0) is 52.7 Å². The van der Waals surface area contributed by atoms with Gasteiger partial charge in [0.15, 0.2) is 0 Å². The zero-order valence-corrected chi connectivity index (χ0v) is 58.3. The Morgan fingerprint density at radius 2 is 0.897 bits per heavy atom. The summed E-state index contributed by atoms with van der Waals surface area (Å²) in [7, 11) is 12.6. The van der Waals surface area contributed by atoms with Crippen LogP contribution in [0.5, 0.6) is 0 Å². The van der Waals surface area contributed by atoms with Crippen molar-refractivity contribution >= 4 is 74.2 Å². The SMILES string of the molecule is CCC1NC(=O)C(C(O)C(C)CCNCCP)N(C)C(=O)C(C(C)C)N(C)C(=O)C(CC(C)C)N(C)C(=O)C(CC(C)C)N(C)C(=O)C(C)NC(=O)C(C)NC(=O)C(CC(C)C)N(C)C(=O)C(C(C)C)NC(=O)C(CC(C)C)N(C)C(=O)CN(C)C1=O. The highest BCUT2D eigenvalue weighted by molar-refractivity contribution is 7.16. The Balaban J connectivity index is 4.33. The number of hydrogen-bond donors (Lipinski definition) is 6. The molecule has 0 aromatic heterocycles. The average Bonchev–Trinajstić information content (AvgIpc) is 1.87. The minimum absolute atomic E-state index is 0.0232. The Bertz CT molecular complexity index is 2320. The summed E-state index contributed by atoms with van der Waals surface area (Å²) in [6.45, 7) is 28.7. The van der Waals surface area contributed by atoms with E-state index in [9.17, 15) is 48.3 Å². The molecule has 0 aromatic carbocycles. The van der Waals surface area contributed by atoms with Gasteiger partial charge in [0, 0.05) is 49.3 Å². The fraction of sp³-hybridized carbons (Fsp3) is 0.823. The maximum atomic E-state index is 15.2. The highest BCUT2D eigenvalue weighted by Crippen LogP contribution is 2.25. The van der Waals surface area contributed by atoms with Crippen LogP contribution < -0.4 is 26.6 Å². The van der Waals surface area contributed by atoms with Gasteiger partial charge in [-0.05, 0) is 113 Å². The van der Waals surface area contributed by atoms with Gasteiger partial charge in [0.05, 0.1) is 12.6 Å². The van der Waals surface area contributed by atoms with Gasteiger partial charge in [-0.15, -0.1) is 9.24 Å². The van der Waals surface area contributed by atoms with Crippen LogP contribution in [0, 0.1) is 41.4 Å². The first-order chi connectivity index (χ1) is 40.2. The lowest BCUT2D eigenvalue weighted by atomic mass is 9.91. The van der Waals surface area contributed by atoms with E-state index in [1.165, 1.54) is 87.7 Å². The second-order valence-corrected chi connectivity index (χ2v) is 27.2. The van der Waals surface area contributed by atoms with E-state index in [-0.39, 0.29) is 55.8 Å². The van der Waals surface area contributed by atoms with Crippen LogP contribution in [0.25, 0.3) is 0 Å². The quantitative estimate of drug-likeness (QED) is 0.0849. The summed E-state index contributed by atoms with van der Waals surface area (Å²) in [5.41, 5.74) is 0. The topological polar surface area (TPSA) is 291 Å². The van der Waals surface area contributed by atoms with E-state index in [1.54, 1.807) is 41.5 Å². The molecule has 1 heterocycles. The van der Waals surface area contributed by atoms with Gasteiger partial charge >= 0.3 is 0 Å². The number of hydrogen-bond acceptors (Lipinski definition) is 13. The molecule has 0 spiro atoms. The summed E-state index contributed by atoms with van der Waals surface area (Å²) >= 11 is 0. The van der Waals surface area contributed by atoms with Crippen LogP contribution >= 0.6 is 9.24 Å². The van der Waals surface area contributed by atoms with Crippen LogP contribution in [0.15, 0.2) is 0 Å². The first-order valence-electron chi connectivity index (χ1n) is 31.4. The van der Waals surface area contributed by atoms with Crippen molar-refractivity contribution in [3.8, 4) is 0 Å². The van der Waals surface area contributed by atoms with Crippen LogP contribution in [0.1, 0.15) is 149 Å². The molecule has 0 aliphatic carbocycles. The monoisotopic (exact) mass is 1250 g/mol. The molecule has 1 aliphatic heterocycles.